The number of rotatable bonds is 8. The molecule has 3 heterocycles. The number of likely N-dealkylation sites (tertiary alicyclic amines) is 1. The molecule has 0 spiro atoms. The van der Waals surface area contributed by atoms with Crippen LogP contribution >= 0.6 is 0 Å². The first-order valence-corrected chi connectivity index (χ1v) is 11.1. The van der Waals surface area contributed by atoms with Gasteiger partial charge in [-0.25, -0.2) is 0 Å². The Morgan fingerprint density at radius 2 is 2.07 bits per heavy atom. The number of morpholine rings is 1. The van der Waals surface area contributed by atoms with Gasteiger partial charge in [0.1, 0.15) is 6.10 Å². The Hall–Kier alpha value is -1.60. The Kier molecular flexibility index (Phi) is 8.61. The molecule has 1 atom stereocenters. The molecule has 1 aromatic rings. The second-order valence-corrected chi connectivity index (χ2v) is 7.95. The SMILES string of the molecule is CCNC(=NCCCCCN1CCCCC1)N1CCOC(c2cnn(C)c2)C1. The molecular weight excluding hydrogens is 352 g/mol. The van der Waals surface area contributed by atoms with E-state index in [-0.39, 0.29) is 6.10 Å². The van der Waals surface area contributed by atoms with Crippen molar-refractivity contribution in [2.45, 2.75) is 51.6 Å². The van der Waals surface area contributed by atoms with E-state index in [1.807, 2.05) is 24.1 Å². The highest BCUT2D eigenvalue weighted by molar-refractivity contribution is 5.80. The number of aryl methyl sites for hydroxylation is 1. The summed E-state index contributed by atoms with van der Waals surface area (Å²) in [5.74, 6) is 1.02. The fourth-order valence-corrected chi connectivity index (χ4v) is 4.07. The van der Waals surface area contributed by atoms with Gasteiger partial charge in [0.05, 0.1) is 19.3 Å². The first-order valence-electron chi connectivity index (χ1n) is 11.1. The first-order chi connectivity index (χ1) is 13.8. The van der Waals surface area contributed by atoms with Gasteiger partial charge in [-0.2, -0.15) is 5.10 Å². The third-order valence-electron chi connectivity index (χ3n) is 5.64. The number of nitrogens with one attached hydrogen (secondary N) is 1. The van der Waals surface area contributed by atoms with Gasteiger partial charge in [-0.15, -0.1) is 0 Å². The van der Waals surface area contributed by atoms with E-state index in [1.54, 1.807) is 0 Å². The maximum absolute atomic E-state index is 5.97. The maximum atomic E-state index is 5.97. The molecule has 7 nitrogen and oxygen atoms in total. The molecule has 0 aromatic carbocycles. The zero-order valence-corrected chi connectivity index (χ0v) is 17.8. The molecule has 2 fully saturated rings. The van der Waals surface area contributed by atoms with Gasteiger partial charge in [0.25, 0.3) is 0 Å². The molecule has 3 rings (SSSR count). The van der Waals surface area contributed by atoms with E-state index in [0.29, 0.717) is 0 Å². The van der Waals surface area contributed by atoms with Crippen LogP contribution in [0.5, 0.6) is 0 Å². The fourth-order valence-electron chi connectivity index (χ4n) is 4.07. The van der Waals surface area contributed by atoms with Gasteiger partial charge in [-0.05, 0) is 52.2 Å². The van der Waals surface area contributed by atoms with E-state index in [1.165, 1.54) is 58.2 Å². The first kappa shape index (κ1) is 21.1. The summed E-state index contributed by atoms with van der Waals surface area (Å²) in [7, 11) is 1.95. The van der Waals surface area contributed by atoms with Gasteiger partial charge in [-0.1, -0.05) is 12.8 Å². The van der Waals surface area contributed by atoms with Crippen LogP contribution in [0, 0.1) is 0 Å². The standard InChI is InChI=1S/C21H38N6O/c1-3-22-21(23-10-6-4-7-11-26-12-8-5-9-13-26)27-14-15-28-20(18-27)19-16-24-25(2)17-19/h16-17,20H,3-15,18H2,1-2H3,(H,22,23). The van der Waals surface area contributed by atoms with Crippen LogP contribution < -0.4 is 5.32 Å². The summed E-state index contributed by atoms with van der Waals surface area (Å²) in [6.07, 6.45) is 11.9. The van der Waals surface area contributed by atoms with Crippen molar-refractivity contribution in [1.29, 1.82) is 0 Å². The molecule has 2 saturated heterocycles. The molecular formula is C21H38N6O. The lowest BCUT2D eigenvalue weighted by atomic mass is 10.1. The molecule has 0 aliphatic carbocycles. The van der Waals surface area contributed by atoms with Crippen molar-refractivity contribution in [3.8, 4) is 0 Å². The van der Waals surface area contributed by atoms with E-state index < -0.39 is 0 Å². The molecule has 28 heavy (non-hydrogen) atoms. The molecule has 158 valence electrons. The number of aromatic nitrogens is 2. The average molecular weight is 391 g/mol. The van der Waals surface area contributed by atoms with Crippen LogP contribution in [0.1, 0.15) is 57.1 Å². The molecule has 0 saturated carbocycles. The van der Waals surface area contributed by atoms with Gasteiger partial charge < -0.3 is 19.9 Å². The van der Waals surface area contributed by atoms with Crippen molar-refractivity contribution in [2.75, 3.05) is 52.4 Å². The van der Waals surface area contributed by atoms with E-state index >= 15 is 0 Å². The Morgan fingerprint density at radius 1 is 1.21 bits per heavy atom. The molecule has 0 radical (unpaired) electrons. The van der Waals surface area contributed by atoms with Crippen LogP contribution in [-0.4, -0.2) is 78.0 Å². The highest BCUT2D eigenvalue weighted by atomic mass is 16.5. The largest absolute Gasteiger partial charge is 0.370 e. The van der Waals surface area contributed by atoms with E-state index in [9.17, 15) is 0 Å². The number of ether oxygens (including phenoxy) is 1. The van der Waals surface area contributed by atoms with E-state index in [4.69, 9.17) is 9.73 Å². The van der Waals surface area contributed by atoms with E-state index in [0.717, 1.165) is 44.3 Å². The van der Waals surface area contributed by atoms with Crippen LogP contribution in [0.3, 0.4) is 0 Å². The van der Waals surface area contributed by atoms with Gasteiger partial charge >= 0.3 is 0 Å². The Bertz CT molecular complexity index is 595. The highest BCUT2D eigenvalue weighted by Crippen LogP contribution is 2.21. The molecule has 2 aliphatic heterocycles. The monoisotopic (exact) mass is 390 g/mol. The topological polar surface area (TPSA) is 57.9 Å². The third kappa shape index (κ3) is 6.48. The van der Waals surface area contributed by atoms with Crippen molar-refractivity contribution in [3.05, 3.63) is 18.0 Å². The lowest BCUT2D eigenvalue weighted by Gasteiger charge is -2.34. The quantitative estimate of drug-likeness (QED) is 0.420. The van der Waals surface area contributed by atoms with Crippen LogP contribution in [-0.2, 0) is 11.8 Å². The van der Waals surface area contributed by atoms with Crippen molar-refractivity contribution in [1.82, 2.24) is 24.9 Å². The van der Waals surface area contributed by atoms with Gasteiger partial charge in [-0.3, -0.25) is 9.67 Å². The number of nitrogens with zero attached hydrogens (tertiary/aromatic N) is 5. The molecule has 2 aliphatic rings. The van der Waals surface area contributed by atoms with Crippen LogP contribution in [0.4, 0.5) is 0 Å². The number of aliphatic imine (C=N–C) groups is 1. The number of hydrogen-bond donors (Lipinski definition) is 1. The number of hydrogen-bond acceptors (Lipinski definition) is 4. The normalized spacial score (nSPS) is 21.9. The predicted octanol–water partition coefficient (Wildman–Crippen LogP) is 2.42. The zero-order chi connectivity index (χ0) is 19.6. The van der Waals surface area contributed by atoms with Crippen molar-refractivity contribution in [2.24, 2.45) is 12.0 Å². The Balaban J connectivity index is 1.42. The smallest absolute Gasteiger partial charge is 0.194 e. The highest BCUT2D eigenvalue weighted by Gasteiger charge is 2.25. The molecule has 7 heteroatoms. The average Bonchev–Trinajstić information content (AvgIpc) is 3.17. The second-order valence-electron chi connectivity index (χ2n) is 7.95. The maximum Gasteiger partial charge on any atom is 0.194 e. The van der Waals surface area contributed by atoms with Gasteiger partial charge in [0.2, 0.25) is 0 Å². The minimum atomic E-state index is 0.0656. The molecule has 1 N–H and O–H groups in total. The second kappa shape index (κ2) is 11.4. The van der Waals surface area contributed by atoms with Crippen LogP contribution in [0.2, 0.25) is 0 Å². The molecule has 0 amide bonds. The summed E-state index contributed by atoms with van der Waals surface area (Å²) in [6, 6.07) is 0. The Labute approximate surface area is 170 Å². The number of guanidine groups is 1. The summed E-state index contributed by atoms with van der Waals surface area (Å²) in [4.78, 5) is 9.86. The number of piperidine rings is 1. The summed E-state index contributed by atoms with van der Waals surface area (Å²) >= 11 is 0. The van der Waals surface area contributed by atoms with Crippen molar-refractivity contribution < 1.29 is 4.74 Å². The lowest BCUT2D eigenvalue weighted by Crippen LogP contribution is -2.48. The van der Waals surface area contributed by atoms with Crippen molar-refractivity contribution >= 4 is 5.96 Å². The van der Waals surface area contributed by atoms with E-state index in [2.05, 4.69) is 27.1 Å². The molecule has 0 bridgehead atoms. The lowest BCUT2D eigenvalue weighted by molar-refractivity contribution is -0.00804. The summed E-state index contributed by atoms with van der Waals surface area (Å²) in [5.41, 5.74) is 1.14. The summed E-state index contributed by atoms with van der Waals surface area (Å²) in [5, 5.41) is 7.74. The summed E-state index contributed by atoms with van der Waals surface area (Å²) in [6.45, 7) is 10.2. The van der Waals surface area contributed by atoms with Crippen LogP contribution in [0.25, 0.3) is 0 Å². The molecule has 1 unspecified atom stereocenters. The minimum Gasteiger partial charge on any atom is -0.370 e. The summed E-state index contributed by atoms with van der Waals surface area (Å²) < 4.78 is 7.80. The Morgan fingerprint density at radius 3 is 2.82 bits per heavy atom. The van der Waals surface area contributed by atoms with Gasteiger partial charge in [0.15, 0.2) is 5.96 Å². The third-order valence-corrected chi connectivity index (χ3v) is 5.64. The fraction of sp³-hybridized carbons (Fsp3) is 0.810. The van der Waals surface area contributed by atoms with Gasteiger partial charge in [0, 0.05) is 38.4 Å². The van der Waals surface area contributed by atoms with Crippen LogP contribution in [0.15, 0.2) is 17.4 Å². The number of unbranched alkanes of at least 4 members (excludes halogenated alkanes) is 2. The minimum absolute atomic E-state index is 0.0656. The predicted molar refractivity (Wildman–Crippen MR) is 114 cm³/mol. The van der Waals surface area contributed by atoms with Crippen molar-refractivity contribution in [3.63, 3.8) is 0 Å². The zero-order valence-electron chi connectivity index (χ0n) is 17.8. The molecule has 1 aromatic heterocycles.